The summed E-state index contributed by atoms with van der Waals surface area (Å²) < 4.78 is 26.4. The average molecular weight is 759 g/mol. The highest BCUT2D eigenvalue weighted by Gasteiger charge is 2.22. The zero-order chi connectivity index (χ0) is 38.2. The number of hydrogen-bond donors (Lipinski definition) is 2. The van der Waals surface area contributed by atoms with Gasteiger partial charge in [0.25, 0.3) is 0 Å². The van der Waals surface area contributed by atoms with Gasteiger partial charge in [-0.15, -0.1) is 0 Å². The number of unbranched alkanes of at least 4 members (excludes halogenated alkanes) is 29. The van der Waals surface area contributed by atoms with E-state index in [1.807, 2.05) is 0 Å². The Balaban J connectivity index is 3.84. The lowest BCUT2D eigenvalue weighted by Gasteiger charge is -2.18. The highest BCUT2D eigenvalue weighted by Crippen LogP contribution is 2.36. The summed E-state index contributed by atoms with van der Waals surface area (Å²) in [6, 6.07) is 0. The van der Waals surface area contributed by atoms with Crippen molar-refractivity contribution in [2.45, 2.75) is 238 Å². The van der Waals surface area contributed by atoms with Crippen LogP contribution in [0.2, 0.25) is 0 Å². The Hall–Kier alpha value is -1.21. The first kappa shape index (κ1) is 50.8. The third kappa shape index (κ3) is 41.5. The normalized spacial score (nSPS) is 12.5. The predicted molar refractivity (Wildman–Crippen MR) is 216 cm³/mol. The van der Waals surface area contributed by atoms with Crippen LogP contribution in [0, 0.1) is 0 Å². The standard InChI is InChI=1S/C43H83O8P/c1-3-5-7-9-11-13-15-17-19-20-21-22-24-26-28-30-32-34-36-38-43(45)51-41(40-50-52(46,47)48)39-49-42(44)37-35-33-31-29-27-25-23-18-16-14-12-10-8-6-4-2/h10,12,41H,3-9,11,13-40H2,1-2H3,(H2,46,47,48)/b12-10+/t41-/m1/s1. The number of carbonyl (C=O) groups excluding carboxylic acids is 2. The summed E-state index contributed by atoms with van der Waals surface area (Å²) in [5.41, 5.74) is 0. The Labute approximate surface area is 320 Å². The molecular weight excluding hydrogens is 675 g/mol. The van der Waals surface area contributed by atoms with Crippen molar-refractivity contribution in [1.29, 1.82) is 0 Å². The molecule has 0 aromatic heterocycles. The van der Waals surface area contributed by atoms with Gasteiger partial charge in [-0.2, -0.15) is 0 Å². The van der Waals surface area contributed by atoms with Crippen LogP contribution in [0.1, 0.15) is 232 Å². The van der Waals surface area contributed by atoms with Gasteiger partial charge >= 0.3 is 19.8 Å². The van der Waals surface area contributed by atoms with Crippen LogP contribution in [-0.4, -0.2) is 41.0 Å². The van der Waals surface area contributed by atoms with Crippen molar-refractivity contribution in [2.75, 3.05) is 13.2 Å². The highest BCUT2D eigenvalue weighted by molar-refractivity contribution is 7.46. The van der Waals surface area contributed by atoms with Crippen LogP contribution in [0.4, 0.5) is 0 Å². The first-order valence-electron chi connectivity index (χ1n) is 22.0. The van der Waals surface area contributed by atoms with E-state index < -0.39 is 32.5 Å². The highest BCUT2D eigenvalue weighted by atomic mass is 31.2. The summed E-state index contributed by atoms with van der Waals surface area (Å²) in [5.74, 6) is -0.874. The van der Waals surface area contributed by atoms with Gasteiger partial charge in [-0.1, -0.05) is 199 Å². The molecule has 0 amide bonds. The lowest BCUT2D eigenvalue weighted by atomic mass is 10.0. The molecule has 0 saturated carbocycles. The first-order valence-corrected chi connectivity index (χ1v) is 23.5. The molecule has 308 valence electrons. The lowest BCUT2D eigenvalue weighted by molar-refractivity contribution is -0.161. The fraction of sp³-hybridized carbons (Fsp3) is 0.907. The first-order chi connectivity index (χ1) is 25.3. The van der Waals surface area contributed by atoms with Crippen molar-refractivity contribution in [3.63, 3.8) is 0 Å². The largest absolute Gasteiger partial charge is 0.469 e. The average Bonchev–Trinajstić information content (AvgIpc) is 3.11. The molecule has 0 radical (unpaired) electrons. The van der Waals surface area contributed by atoms with Crippen LogP contribution in [0.3, 0.4) is 0 Å². The maximum absolute atomic E-state index is 12.4. The molecule has 0 aromatic carbocycles. The zero-order valence-corrected chi connectivity index (χ0v) is 34.9. The molecule has 0 aliphatic rings. The molecule has 0 heterocycles. The quantitative estimate of drug-likeness (QED) is 0.0274. The molecule has 0 saturated heterocycles. The molecule has 2 N–H and O–H groups in total. The van der Waals surface area contributed by atoms with Gasteiger partial charge in [0.1, 0.15) is 6.61 Å². The number of carbonyl (C=O) groups is 2. The van der Waals surface area contributed by atoms with E-state index in [-0.39, 0.29) is 19.4 Å². The predicted octanol–water partition coefficient (Wildman–Crippen LogP) is 13.4. The second-order valence-corrected chi connectivity index (χ2v) is 16.3. The third-order valence-electron chi connectivity index (χ3n) is 9.78. The number of rotatable bonds is 41. The van der Waals surface area contributed by atoms with Crippen molar-refractivity contribution in [2.24, 2.45) is 0 Å². The van der Waals surface area contributed by atoms with E-state index in [0.717, 1.165) is 32.1 Å². The molecule has 52 heavy (non-hydrogen) atoms. The lowest BCUT2D eigenvalue weighted by Crippen LogP contribution is -2.29. The Morgan fingerprint density at radius 3 is 1.23 bits per heavy atom. The molecule has 0 aromatic rings. The number of ether oxygens (including phenoxy) is 2. The zero-order valence-electron chi connectivity index (χ0n) is 34.0. The molecule has 0 unspecified atom stereocenters. The molecule has 0 rings (SSSR count). The van der Waals surface area contributed by atoms with Crippen molar-refractivity contribution in [1.82, 2.24) is 0 Å². The number of allylic oxidation sites excluding steroid dienone is 2. The van der Waals surface area contributed by atoms with Gasteiger partial charge < -0.3 is 19.3 Å². The SMILES string of the molecule is CCCC/C=C/CCCCCCCCCCCC(=O)OC[C@H](COP(=O)(O)O)OC(=O)CCCCCCCCCCCCCCCCCCCCC. The van der Waals surface area contributed by atoms with E-state index in [1.165, 1.54) is 167 Å². The van der Waals surface area contributed by atoms with Gasteiger partial charge in [0.05, 0.1) is 6.61 Å². The minimum absolute atomic E-state index is 0.218. The van der Waals surface area contributed by atoms with Gasteiger partial charge in [0.15, 0.2) is 6.10 Å². The molecule has 0 bridgehead atoms. The van der Waals surface area contributed by atoms with Crippen molar-refractivity contribution < 1.29 is 37.9 Å². The summed E-state index contributed by atoms with van der Waals surface area (Å²) in [6.45, 7) is 3.69. The molecule has 0 aliphatic carbocycles. The van der Waals surface area contributed by atoms with E-state index in [4.69, 9.17) is 19.3 Å². The monoisotopic (exact) mass is 759 g/mol. The van der Waals surface area contributed by atoms with Gasteiger partial charge in [-0.05, 0) is 32.1 Å². The van der Waals surface area contributed by atoms with Gasteiger partial charge in [0.2, 0.25) is 0 Å². The summed E-state index contributed by atoms with van der Waals surface area (Å²) >= 11 is 0. The maximum atomic E-state index is 12.4. The van der Waals surface area contributed by atoms with E-state index in [2.05, 4.69) is 30.5 Å². The topological polar surface area (TPSA) is 119 Å². The summed E-state index contributed by atoms with van der Waals surface area (Å²) in [7, 11) is -4.75. The van der Waals surface area contributed by atoms with Crippen LogP contribution in [0.25, 0.3) is 0 Å². The van der Waals surface area contributed by atoms with Gasteiger partial charge in [-0.3, -0.25) is 14.1 Å². The van der Waals surface area contributed by atoms with Crippen molar-refractivity contribution in [3.05, 3.63) is 12.2 Å². The second-order valence-electron chi connectivity index (χ2n) is 15.0. The summed E-state index contributed by atoms with van der Waals surface area (Å²) in [6.07, 6.45) is 43.6. The maximum Gasteiger partial charge on any atom is 0.469 e. The van der Waals surface area contributed by atoms with E-state index >= 15 is 0 Å². The molecule has 0 spiro atoms. The number of phosphoric acid groups is 1. The molecule has 9 heteroatoms. The smallest absolute Gasteiger partial charge is 0.462 e. The minimum Gasteiger partial charge on any atom is -0.462 e. The van der Waals surface area contributed by atoms with Gasteiger partial charge in [0, 0.05) is 12.8 Å². The van der Waals surface area contributed by atoms with Gasteiger partial charge in [-0.25, -0.2) is 4.57 Å². The van der Waals surface area contributed by atoms with E-state index in [0.29, 0.717) is 6.42 Å². The second kappa shape index (κ2) is 39.5. The molecule has 0 aliphatic heterocycles. The Bertz CT molecular complexity index is 858. The van der Waals surface area contributed by atoms with Crippen LogP contribution in [0.5, 0.6) is 0 Å². The molecule has 1 atom stereocenters. The fourth-order valence-electron chi connectivity index (χ4n) is 6.47. The van der Waals surface area contributed by atoms with Crippen molar-refractivity contribution in [3.8, 4) is 0 Å². The number of phosphoric ester groups is 1. The van der Waals surface area contributed by atoms with Crippen LogP contribution in [-0.2, 0) is 28.2 Å². The summed E-state index contributed by atoms with van der Waals surface area (Å²) in [4.78, 5) is 42.9. The van der Waals surface area contributed by atoms with Crippen molar-refractivity contribution >= 4 is 19.8 Å². The van der Waals surface area contributed by atoms with Crippen LogP contribution < -0.4 is 0 Å². The molecule has 0 fully saturated rings. The number of hydrogen-bond acceptors (Lipinski definition) is 6. The fourth-order valence-corrected chi connectivity index (χ4v) is 6.83. The summed E-state index contributed by atoms with van der Waals surface area (Å²) in [5, 5.41) is 0. The van der Waals surface area contributed by atoms with E-state index in [9.17, 15) is 14.2 Å². The minimum atomic E-state index is -4.75. The van der Waals surface area contributed by atoms with Crippen LogP contribution >= 0.6 is 7.82 Å². The van der Waals surface area contributed by atoms with E-state index in [1.54, 1.807) is 0 Å². The molecular formula is C43H83O8P. The van der Waals surface area contributed by atoms with Crippen LogP contribution in [0.15, 0.2) is 12.2 Å². The third-order valence-corrected chi connectivity index (χ3v) is 10.3. The Morgan fingerprint density at radius 1 is 0.481 bits per heavy atom. The molecule has 8 nitrogen and oxygen atoms in total. The number of esters is 2. The Morgan fingerprint density at radius 2 is 0.827 bits per heavy atom. The Kier molecular flexibility index (Phi) is 38.6.